The van der Waals surface area contributed by atoms with Crippen molar-refractivity contribution in [2.45, 2.75) is 98.3 Å². The molecule has 0 saturated heterocycles. The van der Waals surface area contributed by atoms with Crippen molar-refractivity contribution in [1.82, 2.24) is 0 Å². The largest absolute Gasteiger partial charge is 0.513 e. The van der Waals surface area contributed by atoms with Crippen LogP contribution < -0.4 is 15.2 Å². The molecule has 41 heavy (non-hydrogen) atoms. The first-order valence-electron chi connectivity index (χ1n) is 13.9. The molecule has 0 fully saturated rings. The topological polar surface area (TPSA) is 170 Å². The Morgan fingerprint density at radius 2 is 1.29 bits per heavy atom. The van der Waals surface area contributed by atoms with Crippen LogP contribution in [-0.4, -0.2) is 60.5 Å². The summed E-state index contributed by atoms with van der Waals surface area (Å²) in [7, 11) is 0. The lowest BCUT2D eigenvalue weighted by Crippen LogP contribution is -2.52. The van der Waals surface area contributed by atoms with E-state index >= 15 is 0 Å². The molecule has 0 radical (unpaired) electrons. The van der Waals surface area contributed by atoms with Gasteiger partial charge in [-0.05, 0) is 49.8 Å². The predicted octanol–water partition coefficient (Wildman–Crippen LogP) is 5.86. The number of carboxylic acids is 1. The molecule has 1 aromatic carbocycles. The monoisotopic (exact) mass is 583 g/mol. The molecule has 0 bridgehead atoms. The molecule has 0 aliphatic rings. The minimum absolute atomic E-state index is 0.0974. The Morgan fingerprint density at radius 3 is 1.78 bits per heavy atom. The maximum absolute atomic E-state index is 12.4. The van der Waals surface area contributed by atoms with Gasteiger partial charge in [-0.15, -0.1) is 0 Å². The third kappa shape index (κ3) is 13.1. The standard InChI is InChI=1S/C29H45NO11/c1-8-18(4)16-36-26(33)40-23-12-11-22(13-24(23)41-27(34)37-17-19(5)9-2)15-29(30,25(31)32)14-21(7)39-28(35)38-20(6)10-3/h11-13,18-21H,8-10,14-17,30H2,1-7H3,(H,31,32)/t18?,19?,20?,21-,29?/m0/s1. The molecule has 232 valence electrons. The van der Waals surface area contributed by atoms with Gasteiger partial charge in [0.2, 0.25) is 0 Å². The van der Waals surface area contributed by atoms with Crippen LogP contribution in [0.4, 0.5) is 14.4 Å². The number of carbonyl (C=O) groups excluding carboxylic acids is 3. The van der Waals surface area contributed by atoms with Crippen molar-refractivity contribution in [2.24, 2.45) is 17.6 Å². The third-order valence-corrected chi connectivity index (χ3v) is 6.53. The summed E-state index contributed by atoms with van der Waals surface area (Å²) in [5, 5.41) is 9.93. The fourth-order valence-electron chi connectivity index (χ4n) is 3.31. The number of ether oxygens (including phenoxy) is 6. The number of carbonyl (C=O) groups is 4. The van der Waals surface area contributed by atoms with E-state index < -0.39 is 36.1 Å². The molecule has 0 aliphatic carbocycles. The summed E-state index contributed by atoms with van der Waals surface area (Å²) in [5.74, 6) is -1.45. The van der Waals surface area contributed by atoms with Crippen LogP contribution in [0.25, 0.3) is 0 Å². The molecule has 3 N–H and O–H groups in total. The van der Waals surface area contributed by atoms with Crippen LogP contribution in [0.3, 0.4) is 0 Å². The van der Waals surface area contributed by atoms with E-state index in [2.05, 4.69) is 0 Å². The first-order valence-corrected chi connectivity index (χ1v) is 13.9. The number of hydrogen-bond donors (Lipinski definition) is 2. The van der Waals surface area contributed by atoms with E-state index in [4.69, 9.17) is 34.2 Å². The smallest absolute Gasteiger partial charge is 0.480 e. The molecule has 0 saturated carbocycles. The van der Waals surface area contributed by atoms with E-state index in [1.165, 1.54) is 25.1 Å². The lowest BCUT2D eigenvalue weighted by atomic mass is 9.86. The molecule has 0 spiro atoms. The summed E-state index contributed by atoms with van der Waals surface area (Å²) in [6.45, 7) is 13.0. The molecule has 0 amide bonds. The number of nitrogens with two attached hydrogens (primary N) is 1. The molecule has 1 rings (SSSR count). The first kappa shape index (κ1) is 35.5. The second kappa shape index (κ2) is 17.3. The van der Waals surface area contributed by atoms with Gasteiger partial charge in [-0.2, -0.15) is 0 Å². The highest BCUT2D eigenvalue weighted by molar-refractivity contribution is 5.79. The van der Waals surface area contributed by atoms with E-state index in [0.29, 0.717) is 12.0 Å². The van der Waals surface area contributed by atoms with Crippen LogP contribution in [0.2, 0.25) is 0 Å². The van der Waals surface area contributed by atoms with Crippen LogP contribution in [0, 0.1) is 11.8 Å². The zero-order valence-corrected chi connectivity index (χ0v) is 25.1. The van der Waals surface area contributed by atoms with Crippen LogP contribution in [0.1, 0.15) is 79.7 Å². The van der Waals surface area contributed by atoms with Gasteiger partial charge in [-0.25, -0.2) is 14.4 Å². The molecule has 0 aliphatic heterocycles. The summed E-state index contributed by atoms with van der Waals surface area (Å²) in [6, 6.07) is 4.14. The van der Waals surface area contributed by atoms with E-state index in [1.54, 1.807) is 6.92 Å². The third-order valence-electron chi connectivity index (χ3n) is 6.53. The van der Waals surface area contributed by atoms with Crippen LogP contribution in [-0.2, 0) is 30.2 Å². The Morgan fingerprint density at radius 1 is 0.780 bits per heavy atom. The van der Waals surface area contributed by atoms with Gasteiger partial charge in [0.25, 0.3) is 0 Å². The van der Waals surface area contributed by atoms with Crippen molar-refractivity contribution < 1.29 is 52.7 Å². The Hall–Kier alpha value is -3.54. The van der Waals surface area contributed by atoms with E-state index in [1.807, 2.05) is 34.6 Å². The van der Waals surface area contributed by atoms with Crippen LogP contribution in [0.5, 0.6) is 11.5 Å². The Kier molecular flexibility index (Phi) is 15.0. The number of benzene rings is 1. The van der Waals surface area contributed by atoms with Crippen molar-refractivity contribution >= 4 is 24.4 Å². The molecule has 1 aromatic rings. The fourth-order valence-corrected chi connectivity index (χ4v) is 3.31. The quantitative estimate of drug-likeness (QED) is 0.135. The normalized spacial score (nSPS) is 15.3. The van der Waals surface area contributed by atoms with Crippen LogP contribution in [0.15, 0.2) is 18.2 Å². The van der Waals surface area contributed by atoms with Gasteiger partial charge < -0.3 is 39.3 Å². The Bertz CT molecular complexity index is 1010. The maximum atomic E-state index is 12.4. The second-order valence-electron chi connectivity index (χ2n) is 10.5. The molecule has 12 heteroatoms. The Labute approximate surface area is 241 Å². The fraction of sp³-hybridized carbons (Fsp3) is 0.655. The van der Waals surface area contributed by atoms with Gasteiger partial charge in [0, 0.05) is 12.8 Å². The molecule has 0 aromatic heterocycles. The average molecular weight is 584 g/mol. The zero-order chi connectivity index (χ0) is 31.2. The van der Waals surface area contributed by atoms with Crippen molar-refractivity contribution in [3.05, 3.63) is 23.8 Å². The van der Waals surface area contributed by atoms with Gasteiger partial charge >= 0.3 is 24.4 Å². The average Bonchev–Trinajstić information content (AvgIpc) is 2.91. The zero-order valence-electron chi connectivity index (χ0n) is 25.1. The SMILES string of the molecule is CCC(C)COC(=O)Oc1ccc(CC(N)(C[C@H](C)OC(=O)OC(C)CC)C(=O)O)cc1OC(=O)OCC(C)CC. The van der Waals surface area contributed by atoms with Crippen molar-refractivity contribution in [3.63, 3.8) is 0 Å². The maximum Gasteiger partial charge on any atom is 0.513 e. The lowest BCUT2D eigenvalue weighted by Gasteiger charge is -2.28. The number of carboxylic acid groups (broad SMARTS) is 1. The molecular formula is C29H45NO11. The van der Waals surface area contributed by atoms with E-state index in [0.717, 1.165) is 12.8 Å². The second-order valence-corrected chi connectivity index (χ2v) is 10.5. The summed E-state index contributed by atoms with van der Waals surface area (Å²) < 4.78 is 31.1. The van der Waals surface area contributed by atoms with Crippen LogP contribution >= 0.6 is 0 Å². The van der Waals surface area contributed by atoms with Gasteiger partial charge in [-0.1, -0.05) is 53.5 Å². The van der Waals surface area contributed by atoms with Gasteiger partial charge in [-0.3, -0.25) is 4.79 Å². The number of hydrogen-bond acceptors (Lipinski definition) is 11. The Balaban J connectivity index is 3.15. The van der Waals surface area contributed by atoms with Crippen molar-refractivity contribution in [1.29, 1.82) is 0 Å². The summed E-state index contributed by atoms with van der Waals surface area (Å²) >= 11 is 0. The molecule has 12 nitrogen and oxygen atoms in total. The molecule has 4 unspecified atom stereocenters. The van der Waals surface area contributed by atoms with E-state index in [-0.39, 0.29) is 55.5 Å². The molecular weight excluding hydrogens is 538 g/mol. The molecule has 0 heterocycles. The van der Waals surface area contributed by atoms with Crippen molar-refractivity contribution in [3.8, 4) is 11.5 Å². The highest BCUT2D eigenvalue weighted by Crippen LogP contribution is 2.31. The highest BCUT2D eigenvalue weighted by atomic mass is 16.7. The lowest BCUT2D eigenvalue weighted by molar-refractivity contribution is -0.144. The van der Waals surface area contributed by atoms with E-state index in [9.17, 15) is 24.3 Å². The molecule has 5 atom stereocenters. The number of aliphatic carboxylic acids is 1. The van der Waals surface area contributed by atoms with Gasteiger partial charge in [0.05, 0.1) is 13.2 Å². The van der Waals surface area contributed by atoms with Gasteiger partial charge in [0.15, 0.2) is 11.5 Å². The number of rotatable bonds is 16. The minimum atomic E-state index is -1.87. The summed E-state index contributed by atoms with van der Waals surface area (Å²) in [5.41, 5.74) is 4.72. The summed E-state index contributed by atoms with van der Waals surface area (Å²) in [6.07, 6.45) is -2.52. The highest BCUT2D eigenvalue weighted by Gasteiger charge is 2.37. The van der Waals surface area contributed by atoms with Gasteiger partial charge in [0.1, 0.15) is 17.7 Å². The van der Waals surface area contributed by atoms with Crippen molar-refractivity contribution in [2.75, 3.05) is 13.2 Å². The summed E-state index contributed by atoms with van der Waals surface area (Å²) in [4.78, 5) is 48.8. The first-order chi connectivity index (χ1) is 19.2. The minimum Gasteiger partial charge on any atom is -0.480 e. The predicted molar refractivity (Wildman–Crippen MR) is 149 cm³/mol.